The number of nitrogens with one attached hydrogen (secondary N) is 2. The van der Waals surface area contributed by atoms with Gasteiger partial charge in [0.05, 0.1) is 0 Å². The van der Waals surface area contributed by atoms with Gasteiger partial charge in [-0.25, -0.2) is 9.78 Å². The molecule has 1 fully saturated rings. The molecular weight excluding hydrogens is 276 g/mol. The van der Waals surface area contributed by atoms with E-state index in [1.165, 1.54) is 25.1 Å². The van der Waals surface area contributed by atoms with Crippen LogP contribution in [0.25, 0.3) is 0 Å². The van der Waals surface area contributed by atoms with Crippen LogP contribution in [0.15, 0.2) is 36.5 Å². The highest BCUT2D eigenvalue weighted by atomic mass is 16.2. The number of hydrogen-bond donors (Lipinski definition) is 2. The fourth-order valence-electron chi connectivity index (χ4n) is 2.74. The SMILES string of the molecule is Cc1cnc(C2CCC2)n1CCNC(=O)Nc1ccccc1. The number of para-hydroxylation sites is 1. The van der Waals surface area contributed by atoms with Crippen molar-refractivity contribution < 1.29 is 4.79 Å². The highest BCUT2D eigenvalue weighted by Crippen LogP contribution is 2.35. The van der Waals surface area contributed by atoms with Crippen molar-refractivity contribution in [1.82, 2.24) is 14.9 Å². The van der Waals surface area contributed by atoms with E-state index in [-0.39, 0.29) is 6.03 Å². The molecule has 2 N–H and O–H groups in total. The van der Waals surface area contributed by atoms with Crippen molar-refractivity contribution in [3.05, 3.63) is 48.0 Å². The molecule has 1 aromatic heterocycles. The topological polar surface area (TPSA) is 59.0 Å². The molecule has 5 nitrogen and oxygen atoms in total. The Labute approximate surface area is 130 Å². The standard InChI is InChI=1S/C17H22N4O/c1-13-12-19-16(14-6-5-7-14)21(13)11-10-18-17(22)20-15-8-3-2-4-9-15/h2-4,8-9,12,14H,5-7,10-11H2,1H3,(H2,18,20,22). The third-order valence-electron chi connectivity index (χ3n) is 4.21. The molecule has 0 saturated heterocycles. The van der Waals surface area contributed by atoms with Crippen LogP contribution in [0.3, 0.4) is 0 Å². The van der Waals surface area contributed by atoms with E-state index in [9.17, 15) is 4.79 Å². The van der Waals surface area contributed by atoms with Gasteiger partial charge in [0.25, 0.3) is 0 Å². The number of carbonyl (C=O) groups excluding carboxylic acids is 1. The second-order valence-corrected chi connectivity index (χ2v) is 5.78. The zero-order chi connectivity index (χ0) is 15.4. The molecule has 0 unspecified atom stereocenters. The Morgan fingerprint density at radius 3 is 2.77 bits per heavy atom. The van der Waals surface area contributed by atoms with E-state index in [1.54, 1.807) is 0 Å². The highest BCUT2D eigenvalue weighted by Gasteiger charge is 2.24. The minimum absolute atomic E-state index is 0.172. The first-order valence-electron chi connectivity index (χ1n) is 7.86. The Morgan fingerprint density at radius 1 is 1.32 bits per heavy atom. The lowest BCUT2D eigenvalue weighted by Gasteiger charge is -2.26. The summed E-state index contributed by atoms with van der Waals surface area (Å²) < 4.78 is 2.23. The average molecular weight is 298 g/mol. The molecule has 1 heterocycles. The van der Waals surface area contributed by atoms with Crippen molar-refractivity contribution in [3.8, 4) is 0 Å². The first-order valence-corrected chi connectivity index (χ1v) is 7.86. The van der Waals surface area contributed by atoms with Gasteiger partial charge >= 0.3 is 6.03 Å². The van der Waals surface area contributed by atoms with Crippen molar-refractivity contribution in [2.24, 2.45) is 0 Å². The fraction of sp³-hybridized carbons (Fsp3) is 0.412. The molecule has 2 amide bonds. The molecule has 5 heteroatoms. The average Bonchev–Trinajstić information content (AvgIpc) is 2.80. The molecule has 22 heavy (non-hydrogen) atoms. The molecule has 1 aliphatic rings. The van der Waals surface area contributed by atoms with E-state index in [4.69, 9.17) is 0 Å². The number of carbonyl (C=O) groups is 1. The van der Waals surface area contributed by atoms with Gasteiger partial charge in [-0.05, 0) is 31.9 Å². The van der Waals surface area contributed by atoms with E-state index < -0.39 is 0 Å². The molecule has 0 atom stereocenters. The molecular formula is C17H22N4O. The first kappa shape index (κ1) is 14.6. The summed E-state index contributed by atoms with van der Waals surface area (Å²) in [5, 5.41) is 5.72. The minimum Gasteiger partial charge on any atom is -0.336 e. The number of amides is 2. The molecule has 1 saturated carbocycles. The summed E-state index contributed by atoms with van der Waals surface area (Å²) in [5.41, 5.74) is 1.96. The molecule has 0 bridgehead atoms. The number of aryl methyl sites for hydroxylation is 1. The number of benzene rings is 1. The molecule has 0 aliphatic heterocycles. The van der Waals surface area contributed by atoms with E-state index in [1.807, 2.05) is 36.5 Å². The van der Waals surface area contributed by atoms with Crippen LogP contribution in [0.4, 0.5) is 10.5 Å². The Bertz CT molecular complexity index is 631. The highest BCUT2D eigenvalue weighted by molar-refractivity contribution is 5.89. The fourth-order valence-corrected chi connectivity index (χ4v) is 2.74. The predicted molar refractivity (Wildman–Crippen MR) is 87.0 cm³/mol. The Morgan fingerprint density at radius 2 is 2.09 bits per heavy atom. The number of anilines is 1. The molecule has 116 valence electrons. The van der Waals surface area contributed by atoms with Gasteiger partial charge in [-0.1, -0.05) is 24.6 Å². The van der Waals surface area contributed by atoms with Crippen LogP contribution in [0.2, 0.25) is 0 Å². The van der Waals surface area contributed by atoms with Crippen LogP contribution in [0, 0.1) is 6.92 Å². The third kappa shape index (κ3) is 3.30. The molecule has 1 aromatic carbocycles. The maximum atomic E-state index is 11.9. The lowest BCUT2D eigenvalue weighted by Crippen LogP contribution is -2.32. The maximum absolute atomic E-state index is 11.9. The Hall–Kier alpha value is -2.30. The van der Waals surface area contributed by atoms with Crippen LogP contribution in [0.5, 0.6) is 0 Å². The lowest BCUT2D eigenvalue weighted by molar-refractivity contribution is 0.251. The molecule has 0 spiro atoms. The van der Waals surface area contributed by atoms with Gasteiger partial charge in [0, 0.05) is 36.6 Å². The zero-order valence-electron chi connectivity index (χ0n) is 12.9. The largest absolute Gasteiger partial charge is 0.336 e. The van der Waals surface area contributed by atoms with E-state index >= 15 is 0 Å². The van der Waals surface area contributed by atoms with Crippen molar-refractivity contribution in [3.63, 3.8) is 0 Å². The summed E-state index contributed by atoms with van der Waals surface area (Å²) in [6.07, 6.45) is 5.70. The second-order valence-electron chi connectivity index (χ2n) is 5.78. The molecule has 3 rings (SSSR count). The van der Waals surface area contributed by atoms with Crippen molar-refractivity contribution in [2.75, 3.05) is 11.9 Å². The molecule has 1 aliphatic carbocycles. The number of rotatable bonds is 5. The summed E-state index contributed by atoms with van der Waals surface area (Å²) in [6.45, 7) is 3.43. The molecule has 0 radical (unpaired) electrons. The van der Waals surface area contributed by atoms with Crippen LogP contribution in [-0.4, -0.2) is 22.1 Å². The number of imidazole rings is 1. The van der Waals surface area contributed by atoms with Gasteiger partial charge in [-0.3, -0.25) is 0 Å². The van der Waals surface area contributed by atoms with Gasteiger partial charge in [0.1, 0.15) is 5.82 Å². The number of hydrogen-bond acceptors (Lipinski definition) is 2. The quantitative estimate of drug-likeness (QED) is 0.890. The Kier molecular flexibility index (Phi) is 4.42. The zero-order valence-corrected chi connectivity index (χ0v) is 12.9. The Balaban J connectivity index is 1.51. The van der Waals surface area contributed by atoms with Gasteiger partial charge in [-0.2, -0.15) is 0 Å². The summed E-state index contributed by atoms with van der Waals surface area (Å²) in [7, 11) is 0. The summed E-state index contributed by atoms with van der Waals surface area (Å²) in [6, 6.07) is 9.29. The van der Waals surface area contributed by atoms with Gasteiger partial charge in [0.2, 0.25) is 0 Å². The second kappa shape index (κ2) is 6.64. The summed E-state index contributed by atoms with van der Waals surface area (Å²) in [4.78, 5) is 16.4. The number of urea groups is 1. The van der Waals surface area contributed by atoms with Crippen LogP contribution < -0.4 is 10.6 Å². The van der Waals surface area contributed by atoms with E-state index in [2.05, 4.69) is 27.1 Å². The van der Waals surface area contributed by atoms with E-state index in [0.717, 1.165) is 17.9 Å². The smallest absolute Gasteiger partial charge is 0.319 e. The summed E-state index contributed by atoms with van der Waals surface area (Å²) in [5.74, 6) is 1.78. The number of aromatic nitrogens is 2. The first-order chi connectivity index (χ1) is 10.7. The van der Waals surface area contributed by atoms with Gasteiger partial charge in [-0.15, -0.1) is 0 Å². The van der Waals surface area contributed by atoms with Crippen LogP contribution in [0.1, 0.15) is 36.7 Å². The van der Waals surface area contributed by atoms with Crippen molar-refractivity contribution in [1.29, 1.82) is 0 Å². The van der Waals surface area contributed by atoms with Crippen LogP contribution >= 0.6 is 0 Å². The maximum Gasteiger partial charge on any atom is 0.319 e. The van der Waals surface area contributed by atoms with Gasteiger partial charge < -0.3 is 15.2 Å². The predicted octanol–water partition coefficient (Wildman–Crippen LogP) is 3.28. The minimum atomic E-state index is -0.172. The normalized spacial score (nSPS) is 14.4. The van der Waals surface area contributed by atoms with E-state index in [0.29, 0.717) is 12.5 Å². The third-order valence-corrected chi connectivity index (χ3v) is 4.21. The van der Waals surface area contributed by atoms with Crippen molar-refractivity contribution >= 4 is 11.7 Å². The van der Waals surface area contributed by atoms with Crippen molar-refractivity contribution in [2.45, 2.75) is 38.6 Å². The summed E-state index contributed by atoms with van der Waals surface area (Å²) >= 11 is 0. The monoisotopic (exact) mass is 298 g/mol. The number of nitrogens with zero attached hydrogens (tertiary/aromatic N) is 2. The lowest BCUT2D eigenvalue weighted by atomic mass is 9.85. The molecule has 2 aromatic rings. The van der Waals surface area contributed by atoms with Crippen LogP contribution in [-0.2, 0) is 6.54 Å². The van der Waals surface area contributed by atoms with Gasteiger partial charge in [0.15, 0.2) is 0 Å².